The first-order chi connectivity index (χ1) is 11.8. The zero-order valence-electron chi connectivity index (χ0n) is 13.5. The Bertz CT molecular complexity index is 1040. The molecular weight excluding hydrogens is 314 g/mol. The molecule has 24 heavy (non-hydrogen) atoms. The van der Waals surface area contributed by atoms with Crippen LogP contribution < -0.4 is 0 Å². The lowest BCUT2D eigenvalue weighted by Crippen LogP contribution is -1.85. The maximum atomic E-state index is 6.24. The molecule has 4 rings (SSSR count). The van der Waals surface area contributed by atoms with Crippen molar-refractivity contribution < 1.29 is 0 Å². The summed E-state index contributed by atoms with van der Waals surface area (Å²) in [5.74, 6) is 0. The molecule has 118 valence electrons. The number of allylic oxidation sites excluding steroid dienone is 1. The summed E-state index contributed by atoms with van der Waals surface area (Å²) in [4.78, 5) is 3.50. The summed E-state index contributed by atoms with van der Waals surface area (Å²) >= 11 is 6.24. The van der Waals surface area contributed by atoms with Gasteiger partial charge in [0.1, 0.15) is 0 Å². The summed E-state index contributed by atoms with van der Waals surface area (Å²) in [5.41, 5.74) is 6.10. The number of rotatable bonds is 3. The number of hydrogen-bond acceptors (Lipinski definition) is 0. The van der Waals surface area contributed by atoms with Crippen molar-refractivity contribution in [3.63, 3.8) is 0 Å². The van der Waals surface area contributed by atoms with E-state index in [-0.39, 0.29) is 0 Å². The molecule has 0 aliphatic carbocycles. The monoisotopic (exact) mass is 331 g/mol. The van der Waals surface area contributed by atoms with Gasteiger partial charge < -0.3 is 4.98 Å². The Morgan fingerprint density at radius 1 is 0.958 bits per heavy atom. The highest BCUT2D eigenvalue weighted by Crippen LogP contribution is 2.35. The van der Waals surface area contributed by atoms with E-state index >= 15 is 0 Å². The van der Waals surface area contributed by atoms with E-state index in [2.05, 4.69) is 66.5 Å². The smallest absolute Gasteiger partial charge is 0.0471 e. The van der Waals surface area contributed by atoms with Crippen LogP contribution in [0.1, 0.15) is 24.5 Å². The molecule has 4 aromatic rings. The number of benzene rings is 3. The molecule has 0 radical (unpaired) electrons. The molecule has 2 heteroatoms. The van der Waals surface area contributed by atoms with Crippen LogP contribution in [0.5, 0.6) is 0 Å². The van der Waals surface area contributed by atoms with E-state index in [0.717, 1.165) is 22.5 Å². The van der Waals surface area contributed by atoms with Crippen LogP contribution in [0.4, 0.5) is 0 Å². The van der Waals surface area contributed by atoms with Gasteiger partial charge in [0.05, 0.1) is 0 Å². The van der Waals surface area contributed by atoms with Crippen molar-refractivity contribution >= 4 is 45.1 Å². The van der Waals surface area contributed by atoms with Gasteiger partial charge in [-0.3, -0.25) is 0 Å². The fourth-order valence-electron chi connectivity index (χ4n) is 3.31. The molecule has 0 saturated carbocycles. The Hall–Kier alpha value is -2.51. The fraction of sp³-hybridized carbons (Fsp3) is 0.0909. The maximum absolute atomic E-state index is 6.24. The van der Waals surface area contributed by atoms with Crippen molar-refractivity contribution in [2.24, 2.45) is 0 Å². The van der Waals surface area contributed by atoms with Crippen molar-refractivity contribution in [3.05, 3.63) is 82.9 Å². The van der Waals surface area contributed by atoms with Crippen LogP contribution in [0, 0.1) is 0 Å². The fourth-order valence-corrected chi connectivity index (χ4v) is 3.48. The zero-order valence-corrected chi connectivity index (χ0v) is 14.3. The summed E-state index contributed by atoms with van der Waals surface area (Å²) in [7, 11) is 0. The molecule has 0 fully saturated rings. The minimum Gasteiger partial charge on any atom is -0.354 e. The van der Waals surface area contributed by atoms with Crippen LogP contribution in [-0.4, -0.2) is 4.98 Å². The van der Waals surface area contributed by atoms with Crippen LogP contribution >= 0.6 is 11.6 Å². The Labute approximate surface area is 146 Å². The van der Waals surface area contributed by atoms with Crippen LogP contribution in [0.15, 0.2) is 66.7 Å². The van der Waals surface area contributed by atoms with Crippen LogP contribution in [0.3, 0.4) is 0 Å². The van der Waals surface area contributed by atoms with Crippen molar-refractivity contribution in [1.82, 2.24) is 4.98 Å². The molecule has 0 saturated heterocycles. The summed E-state index contributed by atoms with van der Waals surface area (Å²) < 4.78 is 0. The SMILES string of the molecule is CC/C(=C\c1ccccc1)c1cccc2[nH]c3ccc(Cl)cc3c12. The van der Waals surface area contributed by atoms with E-state index in [1.165, 1.54) is 27.5 Å². The van der Waals surface area contributed by atoms with Gasteiger partial charge in [0.2, 0.25) is 0 Å². The number of H-pyrrole nitrogens is 1. The molecule has 0 aliphatic rings. The van der Waals surface area contributed by atoms with E-state index in [9.17, 15) is 0 Å². The molecule has 1 nitrogen and oxygen atoms in total. The molecule has 3 aromatic carbocycles. The molecule has 0 aliphatic heterocycles. The lowest BCUT2D eigenvalue weighted by molar-refractivity contribution is 1.25. The minimum absolute atomic E-state index is 0.767. The van der Waals surface area contributed by atoms with E-state index in [0.29, 0.717) is 0 Å². The highest BCUT2D eigenvalue weighted by atomic mass is 35.5. The van der Waals surface area contributed by atoms with Gasteiger partial charge in [0, 0.05) is 26.8 Å². The van der Waals surface area contributed by atoms with Gasteiger partial charge in [-0.15, -0.1) is 0 Å². The second-order valence-electron chi connectivity index (χ2n) is 5.98. The zero-order chi connectivity index (χ0) is 16.5. The van der Waals surface area contributed by atoms with E-state index in [1.54, 1.807) is 0 Å². The third-order valence-electron chi connectivity index (χ3n) is 4.45. The second-order valence-corrected chi connectivity index (χ2v) is 6.41. The molecule has 1 heterocycles. The number of halogens is 1. The standard InChI is InChI=1S/C22H18ClN/c1-2-16(13-15-7-4-3-5-8-15)18-9-6-10-21-22(18)19-14-17(23)11-12-20(19)24-21/h3-14,24H,2H2,1H3/b16-13+. The summed E-state index contributed by atoms with van der Waals surface area (Å²) in [6, 6.07) is 23.0. The molecule has 1 aromatic heterocycles. The van der Waals surface area contributed by atoms with E-state index in [1.807, 2.05) is 18.2 Å². The highest BCUT2D eigenvalue weighted by molar-refractivity contribution is 6.32. The van der Waals surface area contributed by atoms with Crippen molar-refractivity contribution in [2.45, 2.75) is 13.3 Å². The second kappa shape index (κ2) is 6.18. The van der Waals surface area contributed by atoms with Gasteiger partial charge in [0.25, 0.3) is 0 Å². The Balaban J connectivity index is 2.00. The first-order valence-electron chi connectivity index (χ1n) is 8.22. The molecular formula is C22H18ClN. The maximum Gasteiger partial charge on any atom is 0.0471 e. The lowest BCUT2D eigenvalue weighted by atomic mass is 9.96. The molecule has 0 atom stereocenters. The van der Waals surface area contributed by atoms with Gasteiger partial charge in [-0.25, -0.2) is 0 Å². The van der Waals surface area contributed by atoms with Gasteiger partial charge in [-0.2, -0.15) is 0 Å². The van der Waals surface area contributed by atoms with Gasteiger partial charge in [-0.1, -0.05) is 67.1 Å². The van der Waals surface area contributed by atoms with Gasteiger partial charge >= 0.3 is 0 Å². The quantitative estimate of drug-likeness (QED) is 0.392. The Morgan fingerprint density at radius 2 is 1.79 bits per heavy atom. The largest absolute Gasteiger partial charge is 0.354 e. The first-order valence-corrected chi connectivity index (χ1v) is 8.60. The average Bonchev–Trinajstić information content (AvgIpc) is 2.98. The van der Waals surface area contributed by atoms with Crippen molar-refractivity contribution in [3.8, 4) is 0 Å². The number of aromatic nitrogens is 1. The molecule has 0 spiro atoms. The Kier molecular flexibility index (Phi) is 3.87. The molecule has 0 bridgehead atoms. The number of hydrogen-bond donors (Lipinski definition) is 1. The van der Waals surface area contributed by atoms with Crippen LogP contribution in [0.25, 0.3) is 33.5 Å². The van der Waals surface area contributed by atoms with E-state index < -0.39 is 0 Å². The lowest BCUT2D eigenvalue weighted by Gasteiger charge is -2.08. The molecule has 1 N–H and O–H groups in total. The van der Waals surface area contributed by atoms with Gasteiger partial charge in [-0.05, 0) is 47.4 Å². The summed E-state index contributed by atoms with van der Waals surface area (Å²) in [6.07, 6.45) is 3.25. The first kappa shape index (κ1) is 15.0. The van der Waals surface area contributed by atoms with Crippen molar-refractivity contribution in [2.75, 3.05) is 0 Å². The average molecular weight is 332 g/mol. The van der Waals surface area contributed by atoms with Gasteiger partial charge in [0.15, 0.2) is 0 Å². The molecule has 0 unspecified atom stereocenters. The minimum atomic E-state index is 0.767. The third-order valence-corrected chi connectivity index (χ3v) is 4.69. The van der Waals surface area contributed by atoms with Crippen molar-refractivity contribution in [1.29, 1.82) is 0 Å². The van der Waals surface area contributed by atoms with Crippen LogP contribution in [-0.2, 0) is 0 Å². The number of fused-ring (bicyclic) bond motifs is 3. The number of aromatic amines is 1. The van der Waals surface area contributed by atoms with E-state index in [4.69, 9.17) is 11.6 Å². The molecule has 0 amide bonds. The highest BCUT2D eigenvalue weighted by Gasteiger charge is 2.11. The Morgan fingerprint density at radius 3 is 2.58 bits per heavy atom. The number of nitrogens with one attached hydrogen (secondary N) is 1. The predicted molar refractivity (Wildman–Crippen MR) is 105 cm³/mol. The summed E-state index contributed by atoms with van der Waals surface area (Å²) in [5, 5.41) is 3.20. The third kappa shape index (κ3) is 2.61. The summed E-state index contributed by atoms with van der Waals surface area (Å²) in [6.45, 7) is 2.20. The van der Waals surface area contributed by atoms with Crippen LogP contribution in [0.2, 0.25) is 5.02 Å². The topological polar surface area (TPSA) is 15.8 Å². The normalized spacial score (nSPS) is 12.2. The predicted octanol–water partition coefficient (Wildman–Crippen LogP) is 6.93.